The quantitative estimate of drug-likeness (QED) is 0.477. The van der Waals surface area contributed by atoms with Crippen LogP contribution in [0.2, 0.25) is 0 Å². The van der Waals surface area contributed by atoms with Crippen LogP contribution in [0.3, 0.4) is 0 Å². The normalized spacial score (nSPS) is 11.4. The molecule has 0 amide bonds. The van der Waals surface area contributed by atoms with Crippen molar-refractivity contribution < 1.29 is 0 Å². The molecule has 1 aliphatic carbocycles. The summed E-state index contributed by atoms with van der Waals surface area (Å²) in [5.74, 6) is 0. The minimum atomic E-state index is 1.11. The van der Waals surface area contributed by atoms with E-state index in [1.54, 1.807) is 0 Å². The summed E-state index contributed by atoms with van der Waals surface area (Å²) in [5, 5.41) is 0. The Labute approximate surface area is 119 Å². The summed E-state index contributed by atoms with van der Waals surface area (Å²) in [6, 6.07) is 26.2. The second kappa shape index (κ2) is 4.64. The molecular weight excluding hydrogens is 240 g/mol. The molecule has 0 spiro atoms. The van der Waals surface area contributed by atoms with Crippen LogP contribution in [0, 0.1) is 0 Å². The molecule has 0 bridgehead atoms. The van der Waals surface area contributed by atoms with Crippen molar-refractivity contribution in [3.05, 3.63) is 83.9 Å². The Morgan fingerprint density at radius 2 is 1.20 bits per heavy atom. The highest BCUT2D eigenvalue weighted by Crippen LogP contribution is 2.48. The van der Waals surface area contributed by atoms with E-state index in [2.05, 4.69) is 72.8 Å². The first kappa shape index (κ1) is 11.5. The van der Waals surface area contributed by atoms with Crippen LogP contribution in [0.25, 0.3) is 22.3 Å². The Bertz CT molecular complexity index is 754. The van der Waals surface area contributed by atoms with Crippen LogP contribution in [0.1, 0.15) is 11.1 Å². The summed E-state index contributed by atoms with van der Waals surface area (Å²) in [7, 11) is 0. The molecule has 3 aromatic carbocycles. The average molecular weight is 256 g/mol. The zero-order chi connectivity index (χ0) is 13.4. The number of rotatable bonds is 3. The Hall–Kier alpha value is -2.34. The molecular formula is C20H16. The third kappa shape index (κ3) is 1.77. The van der Waals surface area contributed by atoms with Crippen molar-refractivity contribution in [1.82, 2.24) is 0 Å². The highest BCUT2D eigenvalue weighted by molar-refractivity contribution is 6.03. The van der Waals surface area contributed by atoms with Gasteiger partial charge in [0.15, 0.2) is 0 Å². The van der Waals surface area contributed by atoms with Gasteiger partial charge in [-0.1, -0.05) is 72.8 Å². The zero-order valence-electron chi connectivity index (χ0n) is 11.3. The maximum atomic E-state index is 2.28. The first-order chi connectivity index (χ1) is 9.93. The summed E-state index contributed by atoms with van der Waals surface area (Å²) >= 11 is 0. The lowest BCUT2D eigenvalue weighted by atomic mass is 9.77. The fourth-order valence-electron chi connectivity index (χ4n) is 3.15. The third-order valence-electron chi connectivity index (χ3n) is 4.16. The third-order valence-corrected chi connectivity index (χ3v) is 4.16. The van der Waals surface area contributed by atoms with Crippen LogP contribution in [0.4, 0.5) is 0 Å². The van der Waals surface area contributed by atoms with Crippen molar-refractivity contribution in [2.24, 2.45) is 0 Å². The van der Waals surface area contributed by atoms with E-state index in [1.165, 1.54) is 33.4 Å². The van der Waals surface area contributed by atoms with Crippen LogP contribution in [-0.4, -0.2) is 0 Å². The van der Waals surface area contributed by atoms with Gasteiger partial charge in [0.2, 0.25) is 0 Å². The van der Waals surface area contributed by atoms with Crippen molar-refractivity contribution >= 4 is 0 Å². The van der Waals surface area contributed by atoms with Gasteiger partial charge in [-0.15, -0.1) is 0 Å². The lowest BCUT2D eigenvalue weighted by Crippen LogP contribution is -2.03. The van der Waals surface area contributed by atoms with E-state index < -0.39 is 0 Å². The summed E-state index contributed by atoms with van der Waals surface area (Å²) in [6.45, 7) is 0. The highest BCUT2D eigenvalue weighted by atomic mass is 14.3. The molecule has 96 valence electrons. The molecule has 20 heavy (non-hydrogen) atoms. The first-order valence-corrected chi connectivity index (χ1v) is 7.19. The molecule has 0 heteroatoms. The summed E-state index contributed by atoms with van der Waals surface area (Å²) < 4.78 is 0. The van der Waals surface area contributed by atoms with E-state index in [0.29, 0.717) is 0 Å². The van der Waals surface area contributed by atoms with Gasteiger partial charge in [-0.3, -0.25) is 0 Å². The summed E-state index contributed by atoms with van der Waals surface area (Å²) in [5.41, 5.74) is 8.61. The van der Waals surface area contributed by atoms with Crippen molar-refractivity contribution in [3.63, 3.8) is 0 Å². The lowest BCUT2D eigenvalue weighted by molar-refractivity contribution is 0.961. The number of fused-ring (bicyclic) bond motifs is 4. The van der Waals surface area contributed by atoms with Crippen LogP contribution in [0.15, 0.2) is 72.8 Å². The molecule has 0 N–H and O–H groups in total. The van der Waals surface area contributed by atoms with Crippen molar-refractivity contribution in [3.8, 4) is 22.3 Å². The van der Waals surface area contributed by atoms with E-state index in [-0.39, 0.29) is 0 Å². The fraction of sp³-hybridized carbons (Fsp3) is 0.100. The maximum Gasteiger partial charge on any atom is -0.00667 e. The predicted octanol–water partition coefficient (Wildman–Crippen LogP) is 5.12. The molecule has 0 heterocycles. The van der Waals surface area contributed by atoms with Gasteiger partial charge in [0, 0.05) is 0 Å². The smallest absolute Gasteiger partial charge is 0.00667 e. The van der Waals surface area contributed by atoms with Crippen LogP contribution < -0.4 is 0 Å². The Morgan fingerprint density at radius 1 is 0.500 bits per heavy atom. The minimum absolute atomic E-state index is 1.11. The van der Waals surface area contributed by atoms with E-state index in [4.69, 9.17) is 0 Å². The standard InChI is InChI=1S/C20H16/c1-2-7-15(8-3-1)13-14-16-9-6-12-19-17-10-4-5-11-18(17)20(16)19/h1-12H,13-14H2. The topological polar surface area (TPSA) is 0 Å². The second-order valence-corrected chi connectivity index (χ2v) is 5.37. The number of hydrogen-bond acceptors (Lipinski definition) is 0. The Kier molecular flexibility index (Phi) is 2.67. The molecule has 4 rings (SSSR count). The van der Waals surface area contributed by atoms with Gasteiger partial charge in [0.05, 0.1) is 0 Å². The average Bonchev–Trinajstić information content (AvgIpc) is 2.51. The van der Waals surface area contributed by atoms with Gasteiger partial charge in [-0.25, -0.2) is 0 Å². The molecule has 0 aromatic heterocycles. The molecule has 0 radical (unpaired) electrons. The minimum Gasteiger partial charge on any atom is -0.0622 e. The van der Waals surface area contributed by atoms with Gasteiger partial charge in [-0.2, -0.15) is 0 Å². The van der Waals surface area contributed by atoms with Gasteiger partial charge in [0.25, 0.3) is 0 Å². The van der Waals surface area contributed by atoms with Crippen molar-refractivity contribution in [2.75, 3.05) is 0 Å². The molecule has 0 nitrogen and oxygen atoms in total. The zero-order valence-corrected chi connectivity index (χ0v) is 11.3. The summed E-state index contributed by atoms with van der Waals surface area (Å²) in [4.78, 5) is 0. The SMILES string of the molecule is c1ccc(CCc2cccc3c2-c2ccccc2-3)cc1. The van der Waals surface area contributed by atoms with Gasteiger partial charge >= 0.3 is 0 Å². The monoisotopic (exact) mass is 256 g/mol. The number of benzene rings is 3. The molecule has 1 aliphatic rings. The second-order valence-electron chi connectivity index (χ2n) is 5.37. The van der Waals surface area contributed by atoms with Crippen LogP contribution in [-0.2, 0) is 12.8 Å². The first-order valence-electron chi connectivity index (χ1n) is 7.19. The molecule has 0 saturated carbocycles. The van der Waals surface area contributed by atoms with Gasteiger partial charge < -0.3 is 0 Å². The largest absolute Gasteiger partial charge is 0.0622 e. The maximum absolute atomic E-state index is 2.28. The molecule has 0 aliphatic heterocycles. The molecule has 0 atom stereocenters. The van der Waals surface area contributed by atoms with Crippen LogP contribution >= 0.6 is 0 Å². The Morgan fingerprint density at radius 3 is 2.05 bits per heavy atom. The Balaban J connectivity index is 1.64. The van der Waals surface area contributed by atoms with Gasteiger partial charge in [-0.05, 0) is 46.2 Å². The highest BCUT2D eigenvalue weighted by Gasteiger charge is 2.23. The lowest BCUT2D eigenvalue weighted by Gasteiger charge is -2.26. The summed E-state index contributed by atoms with van der Waals surface area (Å²) in [6.07, 6.45) is 2.22. The van der Waals surface area contributed by atoms with E-state index in [1.807, 2.05) is 0 Å². The number of hydrogen-bond donors (Lipinski definition) is 0. The van der Waals surface area contributed by atoms with E-state index in [0.717, 1.165) is 12.8 Å². The molecule has 0 unspecified atom stereocenters. The van der Waals surface area contributed by atoms with Crippen molar-refractivity contribution in [2.45, 2.75) is 12.8 Å². The van der Waals surface area contributed by atoms with Crippen molar-refractivity contribution in [1.29, 1.82) is 0 Å². The number of aryl methyl sites for hydroxylation is 2. The van der Waals surface area contributed by atoms with E-state index in [9.17, 15) is 0 Å². The molecule has 0 fully saturated rings. The fourth-order valence-corrected chi connectivity index (χ4v) is 3.15. The molecule has 0 saturated heterocycles. The van der Waals surface area contributed by atoms with Gasteiger partial charge in [0.1, 0.15) is 0 Å². The molecule has 3 aromatic rings. The predicted molar refractivity (Wildman–Crippen MR) is 84.7 cm³/mol. The van der Waals surface area contributed by atoms with Crippen LogP contribution in [0.5, 0.6) is 0 Å². The van der Waals surface area contributed by atoms with E-state index >= 15 is 0 Å².